The van der Waals surface area contributed by atoms with Crippen LogP contribution in [0.2, 0.25) is 0 Å². The van der Waals surface area contributed by atoms with Gasteiger partial charge in [-0.1, -0.05) is 44.3 Å². The van der Waals surface area contributed by atoms with E-state index in [1.807, 2.05) is 18.2 Å². The van der Waals surface area contributed by atoms with Gasteiger partial charge < -0.3 is 14.2 Å². The van der Waals surface area contributed by atoms with Gasteiger partial charge in [0.2, 0.25) is 0 Å². The molecular weight excluding hydrogens is 367 g/mol. The maximum atomic E-state index is 5.41. The number of hydrogen-bond donors (Lipinski definition) is 0. The molecule has 0 heterocycles. The highest BCUT2D eigenvalue weighted by molar-refractivity contribution is 7.55. The molecule has 0 bridgehead atoms. The Kier molecular flexibility index (Phi) is 7.33. The molecule has 0 N–H and O–H groups in total. The van der Waals surface area contributed by atoms with Crippen LogP contribution in [0.5, 0.6) is 17.2 Å². The fourth-order valence-electron chi connectivity index (χ4n) is 3.25. The molecular formula is C24H27O3P. The van der Waals surface area contributed by atoms with Crippen molar-refractivity contribution < 1.29 is 14.2 Å². The molecule has 0 saturated carbocycles. The van der Waals surface area contributed by atoms with Crippen LogP contribution in [0.3, 0.4) is 0 Å². The lowest BCUT2D eigenvalue weighted by molar-refractivity contribution is 0.414. The molecule has 0 fully saturated rings. The Balaban J connectivity index is 1.83. The molecule has 3 rings (SSSR count). The minimum atomic E-state index is -0.308. The third-order valence-corrected chi connectivity index (χ3v) is 7.06. The van der Waals surface area contributed by atoms with Crippen molar-refractivity contribution in [2.75, 3.05) is 21.3 Å². The molecule has 0 aliphatic heterocycles. The molecule has 4 heteroatoms. The van der Waals surface area contributed by atoms with Gasteiger partial charge in [-0.15, -0.1) is 0 Å². The minimum Gasteiger partial charge on any atom is -0.497 e. The molecule has 0 aliphatic rings. The van der Waals surface area contributed by atoms with E-state index in [1.54, 1.807) is 21.3 Å². The molecule has 0 aromatic heterocycles. The molecule has 0 amide bonds. The Morgan fingerprint density at radius 1 is 0.536 bits per heavy atom. The predicted molar refractivity (Wildman–Crippen MR) is 117 cm³/mol. The van der Waals surface area contributed by atoms with Crippen molar-refractivity contribution in [2.24, 2.45) is 0 Å². The van der Waals surface area contributed by atoms with E-state index in [9.17, 15) is 0 Å². The monoisotopic (exact) mass is 394 g/mol. The number of hydrogen-bond acceptors (Lipinski definition) is 3. The van der Waals surface area contributed by atoms with Crippen LogP contribution in [0.4, 0.5) is 0 Å². The van der Waals surface area contributed by atoms with Crippen LogP contribution in [-0.2, 0) is 18.5 Å². The first-order valence-electron chi connectivity index (χ1n) is 9.31. The van der Waals surface area contributed by atoms with Crippen molar-refractivity contribution in [1.29, 1.82) is 0 Å². The predicted octanol–water partition coefficient (Wildman–Crippen LogP) is 6.09. The zero-order valence-electron chi connectivity index (χ0n) is 16.7. The second-order valence-electron chi connectivity index (χ2n) is 6.70. The van der Waals surface area contributed by atoms with Crippen molar-refractivity contribution in [3.8, 4) is 17.2 Å². The molecule has 146 valence electrons. The van der Waals surface area contributed by atoms with Crippen molar-refractivity contribution in [2.45, 2.75) is 18.5 Å². The Hall–Kier alpha value is -2.51. The standard InChI is InChI=1S/C24H27O3P/c1-25-22-10-4-7-19(13-22)16-28(17-20-8-5-11-23(14-20)26-2)18-21-9-6-12-24(15-21)27-3/h4-15H,16-18H2,1-3H3. The van der Waals surface area contributed by atoms with Crippen molar-refractivity contribution in [3.05, 3.63) is 89.5 Å². The third-order valence-electron chi connectivity index (χ3n) is 4.62. The molecule has 0 atom stereocenters. The maximum Gasteiger partial charge on any atom is 0.119 e. The zero-order chi connectivity index (χ0) is 19.8. The van der Waals surface area contributed by atoms with Crippen LogP contribution in [0, 0.1) is 0 Å². The summed E-state index contributed by atoms with van der Waals surface area (Å²) in [4.78, 5) is 0. The van der Waals surface area contributed by atoms with Gasteiger partial charge in [0.15, 0.2) is 0 Å². The van der Waals surface area contributed by atoms with Crippen LogP contribution < -0.4 is 14.2 Å². The first kappa shape index (κ1) is 20.2. The largest absolute Gasteiger partial charge is 0.497 e. The van der Waals surface area contributed by atoms with Crippen LogP contribution in [0.15, 0.2) is 72.8 Å². The third kappa shape index (κ3) is 5.74. The van der Waals surface area contributed by atoms with Gasteiger partial charge in [-0.2, -0.15) is 0 Å². The number of ether oxygens (including phenoxy) is 3. The lowest BCUT2D eigenvalue weighted by atomic mass is 10.2. The minimum absolute atomic E-state index is 0.308. The number of benzene rings is 3. The summed E-state index contributed by atoms with van der Waals surface area (Å²) in [5.41, 5.74) is 3.95. The highest BCUT2D eigenvalue weighted by Gasteiger charge is 2.13. The summed E-state index contributed by atoms with van der Waals surface area (Å²) in [5, 5.41) is 0. The second kappa shape index (κ2) is 10.1. The van der Waals surface area contributed by atoms with E-state index in [0.717, 1.165) is 35.7 Å². The van der Waals surface area contributed by atoms with Crippen molar-refractivity contribution in [1.82, 2.24) is 0 Å². The summed E-state index contributed by atoms with van der Waals surface area (Å²) in [6.45, 7) is 0. The smallest absolute Gasteiger partial charge is 0.119 e. The van der Waals surface area contributed by atoms with Crippen molar-refractivity contribution >= 4 is 7.92 Å². The molecule has 28 heavy (non-hydrogen) atoms. The Bertz CT molecular complexity index is 777. The van der Waals surface area contributed by atoms with Gasteiger partial charge in [0.25, 0.3) is 0 Å². The maximum absolute atomic E-state index is 5.41. The average molecular weight is 394 g/mol. The first-order valence-corrected chi connectivity index (χ1v) is 11.2. The lowest BCUT2D eigenvalue weighted by Crippen LogP contribution is -1.95. The van der Waals surface area contributed by atoms with E-state index in [4.69, 9.17) is 14.2 Å². The van der Waals surface area contributed by atoms with Gasteiger partial charge in [-0.05, 0) is 71.6 Å². The molecule has 0 radical (unpaired) electrons. The van der Waals surface area contributed by atoms with Gasteiger partial charge in [0.1, 0.15) is 17.2 Å². The summed E-state index contributed by atoms with van der Waals surface area (Å²) in [7, 11) is 4.84. The van der Waals surface area contributed by atoms with Gasteiger partial charge in [0.05, 0.1) is 21.3 Å². The molecule has 3 nitrogen and oxygen atoms in total. The summed E-state index contributed by atoms with van der Waals surface area (Å²) >= 11 is 0. The normalized spacial score (nSPS) is 10.7. The molecule has 0 unspecified atom stereocenters. The average Bonchev–Trinajstić information content (AvgIpc) is 2.74. The zero-order valence-corrected chi connectivity index (χ0v) is 17.6. The Labute approximate surface area is 169 Å². The fraction of sp³-hybridized carbons (Fsp3) is 0.250. The molecule has 3 aromatic rings. The SMILES string of the molecule is COc1cccc(CP(Cc2cccc(OC)c2)Cc2cccc(OC)c2)c1. The molecule has 0 spiro atoms. The van der Waals surface area contributed by atoms with Crippen LogP contribution in [0.1, 0.15) is 16.7 Å². The summed E-state index contributed by atoms with van der Waals surface area (Å²) in [6.07, 6.45) is 3.13. The first-order chi connectivity index (χ1) is 13.7. The van der Waals surface area contributed by atoms with Gasteiger partial charge in [-0.25, -0.2) is 0 Å². The number of rotatable bonds is 9. The number of methoxy groups -OCH3 is 3. The van der Waals surface area contributed by atoms with E-state index in [1.165, 1.54) is 16.7 Å². The summed E-state index contributed by atoms with van der Waals surface area (Å²) in [6, 6.07) is 25.2. The summed E-state index contributed by atoms with van der Waals surface area (Å²) in [5.74, 6) is 2.74. The van der Waals surface area contributed by atoms with E-state index in [2.05, 4.69) is 54.6 Å². The van der Waals surface area contributed by atoms with E-state index in [-0.39, 0.29) is 7.92 Å². The van der Waals surface area contributed by atoms with E-state index < -0.39 is 0 Å². The topological polar surface area (TPSA) is 27.7 Å². The molecule has 0 aliphatic carbocycles. The Morgan fingerprint density at radius 2 is 0.857 bits per heavy atom. The van der Waals surface area contributed by atoms with Gasteiger partial charge in [0, 0.05) is 0 Å². The van der Waals surface area contributed by atoms with Crippen LogP contribution >= 0.6 is 7.92 Å². The highest BCUT2D eigenvalue weighted by Crippen LogP contribution is 2.47. The lowest BCUT2D eigenvalue weighted by Gasteiger charge is -2.19. The van der Waals surface area contributed by atoms with Gasteiger partial charge in [-0.3, -0.25) is 0 Å². The van der Waals surface area contributed by atoms with Crippen LogP contribution in [-0.4, -0.2) is 21.3 Å². The second-order valence-corrected chi connectivity index (χ2v) is 8.99. The quantitative estimate of drug-likeness (QED) is 0.411. The highest BCUT2D eigenvalue weighted by atomic mass is 31.1. The summed E-state index contributed by atoms with van der Waals surface area (Å²) < 4.78 is 16.2. The molecule has 3 aromatic carbocycles. The van der Waals surface area contributed by atoms with Crippen LogP contribution in [0.25, 0.3) is 0 Å². The van der Waals surface area contributed by atoms with Gasteiger partial charge >= 0.3 is 0 Å². The fourth-order valence-corrected chi connectivity index (χ4v) is 5.73. The molecule has 0 saturated heterocycles. The van der Waals surface area contributed by atoms with E-state index in [0.29, 0.717) is 0 Å². The Morgan fingerprint density at radius 3 is 1.14 bits per heavy atom. The van der Waals surface area contributed by atoms with E-state index >= 15 is 0 Å². The van der Waals surface area contributed by atoms with Crippen molar-refractivity contribution in [3.63, 3.8) is 0 Å².